The molecule has 21 heavy (non-hydrogen) atoms. The van der Waals surface area contributed by atoms with E-state index in [1.54, 1.807) is 6.07 Å². The molecule has 0 amide bonds. The van der Waals surface area contributed by atoms with E-state index in [4.69, 9.17) is 0 Å². The quantitative estimate of drug-likeness (QED) is 0.769. The van der Waals surface area contributed by atoms with Gasteiger partial charge in [0.2, 0.25) is 0 Å². The largest absolute Gasteiger partial charge is 0.366 e. The summed E-state index contributed by atoms with van der Waals surface area (Å²) < 4.78 is 14.6. The normalized spacial score (nSPS) is 19.6. The van der Waals surface area contributed by atoms with Crippen LogP contribution >= 0.6 is 0 Å². The maximum Gasteiger partial charge on any atom is 0.146 e. The SMILES string of the molecule is CCCNC(C)c1ccc(N(CC2CC2)C2CC2)c(F)c1. The van der Waals surface area contributed by atoms with Gasteiger partial charge < -0.3 is 10.2 Å². The molecule has 0 spiro atoms. The van der Waals surface area contributed by atoms with Crippen molar-refractivity contribution in [3.8, 4) is 0 Å². The molecule has 2 nitrogen and oxygen atoms in total. The summed E-state index contributed by atoms with van der Waals surface area (Å²) in [6, 6.07) is 6.61. The van der Waals surface area contributed by atoms with Gasteiger partial charge in [0.05, 0.1) is 5.69 Å². The lowest BCUT2D eigenvalue weighted by atomic mass is 10.1. The molecule has 1 N–H and O–H groups in total. The summed E-state index contributed by atoms with van der Waals surface area (Å²) in [4.78, 5) is 2.32. The van der Waals surface area contributed by atoms with Gasteiger partial charge in [-0.15, -0.1) is 0 Å². The van der Waals surface area contributed by atoms with Crippen LogP contribution in [0.4, 0.5) is 10.1 Å². The fraction of sp³-hybridized carbons (Fsp3) is 0.667. The van der Waals surface area contributed by atoms with E-state index in [-0.39, 0.29) is 11.9 Å². The summed E-state index contributed by atoms with van der Waals surface area (Å²) in [6.07, 6.45) is 6.19. The predicted molar refractivity (Wildman–Crippen MR) is 86.2 cm³/mol. The molecule has 0 aliphatic heterocycles. The van der Waals surface area contributed by atoms with Crippen LogP contribution in [0, 0.1) is 11.7 Å². The van der Waals surface area contributed by atoms with Gasteiger partial charge in [-0.05, 0) is 69.2 Å². The van der Waals surface area contributed by atoms with Crippen molar-refractivity contribution in [2.24, 2.45) is 5.92 Å². The van der Waals surface area contributed by atoms with E-state index in [1.807, 2.05) is 6.07 Å². The topological polar surface area (TPSA) is 15.3 Å². The second kappa shape index (κ2) is 6.35. The summed E-state index contributed by atoms with van der Waals surface area (Å²) in [5, 5.41) is 3.42. The Morgan fingerprint density at radius 2 is 2.05 bits per heavy atom. The minimum Gasteiger partial charge on any atom is -0.366 e. The number of hydrogen-bond acceptors (Lipinski definition) is 2. The summed E-state index contributed by atoms with van der Waals surface area (Å²) in [5.41, 5.74) is 1.86. The molecule has 116 valence electrons. The number of nitrogens with zero attached hydrogens (tertiary/aromatic N) is 1. The zero-order valence-electron chi connectivity index (χ0n) is 13.2. The zero-order valence-corrected chi connectivity index (χ0v) is 13.2. The zero-order chi connectivity index (χ0) is 14.8. The van der Waals surface area contributed by atoms with Crippen LogP contribution < -0.4 is 10.2 Å². The van der Waals surface area contributed by atoms with Crippen molar-refractivity contribution < 1.29 is 4.39 Å². The number of anilines is 1. The van der Waals surface area contributed by atoms with Crippen LogP contribution in [0.15, 0.2) is 18.2 Å². The number of benzene rings is 1. The Balaban J connectivity index is 1.72. The van der Waals surface area contributed by atoms with Gasteiger partial charge in [0.1, 0.15) is 5.82 Å². The lowest BCUT2D eigenvalue weighted by Crippen LogP contribution is -2.29. The Morgan fingerprint density at radius 3 is 2.62 bits per heavy atom. The Hall–Kier alpha value is -1.09. The molecule has 1 atom stereocenters. The molecule has 1 aromatic carbocycles. The average Bonchev–Trinajstić information content (AvgIpc) is 3.36. The Labute approximate surface area is 127 Å². The highest BCUT2D eigenvalue weighted by Gasteiger charge is 2.34. The fourth-order valence-electron chi connectivity index (χ4n) is 2.91. The van der Waals surface area contributed by atoms with Crippen molar-refractivity contribution >= 4 is 5.69 Å². The number of rotatable bonds is 8. The van der Waals surface area contributed by atoms with Gasteiger partial charge in [-0.2, -0.15) is 0 Å². The molecule has 0 bridgehead atoms. The van der Waals surface area contributed by atoms with Crippen LogP contribution in [0.3, 0.4) is 0 Å². The molecular formula is C18H27FN2. The van der Waals surface area contributed by atoms with Crippen LogP contribution in [-0.4, -0.2) is 19.1 Å². The van der Waals surface area contributed by atoms with E-state index in [2.05, 4.69) is 30.1 Å². The van der Waals surface area contributed by atoms with E-state index < -0.39 is 0 Å². The Kier molecular flexibility index (Phi) is 4.48. The van der Waals surface area contributed by atoms with Crippen LogP contribution in [0.1, 0.15) is 57.6 Å². The minimum atomic E-state index is -0.0507. The van der Waals surface area contributed by atoms with Crippen LogP contribution in [0.5, 0.6) is 0 Å². The lowest BCUT2D eigenvalue weighted by Gasteiger charge is -2.26. The van der Waals surface area contributed by atoms with E-state index in [9.17, 15) is 4.39 Å². The van der Waals surface area contributed by atoms with Gasteiger partial charge in [-0.1, -0.05) is 13.0 Å². The molecule has 0 aromatic heterocycles. The maximum absolute atomic E-state index is 14.6. The average molecular weight is 290 g/mol. The summed E-state index contributed by atoms with van der Waals surface area (Å²) in [6.45, 7) is 6.27. The Morgan fingerprint density at radius 1 is 1.29 bits per heavy atom. The highest BCUT2D eigenvalue weighted by molar-refractivity contribution is 5.51. The molecule has 2 fully saturated rings. The maximum atomic E-state index is 14.6. The third-order valence-electron chi connectivity index (χ3n) is 4.62. The lowest BCUT2D eigenvalue weighted by molar-refractivity contribution is 0.560. The van der Waals surface area contributed by atoms with Crippen molar-refractivity contribution in [2.75, 3.05) is 18.0 Å². The molecule has 2 saturated carbocycles. The molecule has 0 heterocycles. The first-order chi connectivity index (χ1) is 10.2. The molecule has 1 unspecified atom stereocenters. The first kappa shape index (κ1) is 14.8. The first-order valence-electron chi connectivity index (χ1n) is 8.48. The second-order valence-corrected chi connectivity index (χ2v) is 6.71. The van der Waals surface area contributed by atoms with Crippen molar-refractivity contribution in [3.63, 3.8) is 0 Å². The number of halogens is 1. The third kappa shape index (κ3) is 3.76. The van der Waals surface area contributed by atoms with Gasteiger partial charge >= 0.3 is 0 Å². The first-order valence-corrected chi connectivity index (χ1v) is 8.48. The van der Waals surface area contributed by atoms with Gasteiger partial charge in [0.15, 0.2) is 0 Å². The van der Waals surface area contributed by atoms with Crippen molar-refractivity contribution in [1.29, 1.82) is 0 Å². The molecule has 0 radical (unpaired) electrons. The van der Waals surface area contributed by atoms with E-state index in [1.165, 1.54) is 25.7 Å². The third-order valence-corrected chi connectivity index (χ3v) is 4.62. The molecule has 3 heteroatoms. The van der Waals surface area contributed by atoms with E-state index >= 15 is 0 Å². The van der Waals surface area contributed by atoms with Gasteiger partial charge in [-0.3, -0.25) is 0 Å². The molecule has 0 saturated heterocycles. The molecule has 2 aliphatic carbocycles. The minimum absolute atomic E-state index is 0.0507. The monoisotopic (exact) mass is 290 g/mol. The van der Waals surface area contributed by atoms with Crippen LogP contribution in [0.2, 0.25) is 0 Å². The summed E-state index contributed by atoms with van der Waals surface area (Å²) >= 11 is 0. The number of nitrogens with one attached hydrogen (secondary N) is 1. The van der Waals surface area contributed by atoms with Crippen LogP contribution in [0.25, 0.3) is 0 Å². The van der Waals surface area contributed by atoms with Crippen LogP contribution in [-0.2, 0) is 0 Å². The predicted octanol–water partition coefficient (Wildman–Crippen LogP) is 4.27. The fourth-order valence-corrected chi connectivity index (χ4v) is 2.91. The molecular weight excluding hydrogens is 263 g/mol. The highest BCUT2D eigenvalue weighted by Crippen LogP contribution is 2.38. The highest BCUT2D eigenvalue weighted by atomic mass is 19.1. The molecule has 3 rings (SSSR count). The van der Waals surface area contributed by atoms with Gasteiger partial charge in [-0.25, -0.2) is 4.39 Å². The smallest absolute Gasteiger partial charge is 0.146 e. The Bertz CT molecular complexity index is 480. The molecule has 1 aromatic rings. The van der Waals surface area contributed by atoms with Crippen molar-refractivity contribution in [1.82, 2.24) is 5.32 Å². The molecule has 2 aliphatic rings. The summed E-state index contributed by atoms with van der Waals surface area (Å²) in [7, 11) is 0. The number of hydrogen-bond donors (Lipinski definition) is 1. The van der Waals surface area contributed by atoms with E-state index in [0.717, 1.165) is 36.7 Å². The van der Waals surface area contributed by atoms with Gasteiger partial charge in [0.25, 0.3) is 0 Å². The van der Waals surface area contributed by atoms with E-state index in [0.29, 0.717) is 6.04 Å². The van der Waals surface area contributed by atoms with Gasteiger partial charge in [0, 0.05) is 18.6 Å². The second-order valence-electron chi connectivity index (χ2n) is 6.71. The van der Waals surface area contributed by atoms with Crippen molar-refractivity contribution in [3.05, 3.63) is 29.6 Å². The van der Waals surface area contributed by atoms with Crippen molar-refractivity contribution in [2.45, 2.75) is 58.0 Å². The summed E-state index contributed by atoms with van der Waals surface area (Å²) in [5.74, 6) is 0.750. The standard InChI is InChI=1S/C18H27FN2/c1-3-10-20-13(2)15-6-9-18(17(19)11-15)21(16-7-8-16)12-14-4-5-14/h6,9,11,13-14,16,20H,3-5,7-8,10,12H2,1-2H3.